The number of hydrogen-bond acceptors (Lipinski definition) is 2. The molecule has 2 heteroatoms. The molecule has 1 unspecified atom stereocenters. The molecular weight excluding hydrogens is 212 g/mol. The zero-order valence-electron chi connectivity index (χ0n) is 10.6. The molecule has 0 bridgehead atoms. The normalized spacial score (nSPS) is 18.7. The van der Waals surface area contributed by atoms with Crippen molar-refractivity contribution in [1.29, 1.82) is 0 Å². The van der Waals surface area contributed by atoms with E-state index in [0.717, 1.165) is 29.9 Å². The van der Waals surface area contributed by atoms with E-state index in [1.807, 2.05) is 6.07 Å². The molecule has 0 saturated heterocycles. The van der Waals surface area contributed by atoms with Crippen molar-refractivity contribution in [1.82, 2.24) is 0 Å². The molecule has 3 rings (SSSR count). The first-order valence-electron chi connectivity index (χ1n) is 6.40. The Balaban J connectivity index is 2.06. The number of ether oxygens (including phenoxy) is 1. The molecular formula is C15H18O2. The highest BCUT2D eigenvalue weighted by atomic mass is 16.5. The molecule has 2 heterocycles. The Bertz CT molecular complexity index is 508. The molecule has 2 aromatic rings. The van der Waals surface area contributed by atoms with Crippen LogP contribution in [-0.2, 0) is 6.42 Å². The summed E-state index contributed by atoms with van der Waals surface area (Å²) in [6.45, 7) is 6.46. The largest absolute Gasteiger partial charge is 0.490 e. The minimum atomic E-state index is 0.348. The molecule has 0 amide bonds. The Labute approximate surface area is 102 Å². The van der Waals surface area contributed by atoms with Gasteiger partial charge in [-0.05, 0) is 24.1 Å². The van der Waals surface area contributed by atoms with E-state index in [1.54, 1.807) is 0 Å². The van der Waals surface area contributed by atoms with Gasteiger partial charge in [-0.1, -0.05) is 20.8 Å². The molecule has 17 heavy (non-hydrogen) atoms. The van der Waals surface area contributed by atoms with Crippen LogP contribution in [0.5, 0.6) is 5.75 Å². The van der Waals surface area contributed by atoms with Gasteiger partial charge in [-0.2, -0.15) is 0 Å². The quantitative estimate of drug-likeness (QED) is 0.768. The SMILES string of the molecule is CCC1Cc2cc3cc(C(C)C)oc3cc2O1. The van der Waals surface area contributed by atoms with E-state index in [1.165, 1.54) is 10.9 Å². The van der Waals surface area contributed by atoms with Gasteiger partial charge in [0.1, 0.15) is 23.2 Å². The van der Waals surface area contributed by atoms with Crippen LogP contribution in [0.25, 0.3) is 11.0 Å². The Morgan fingerprint density at radius 3 is 2.82 bits per heavy atom. The zero-order valence-corrected chi connectivity index (χ0v) is 10.6. The summed E-state index contributed by atoms with van der Waals surface area (Å²) in [5.41, 5.74) is 2.27. The summed E-state index contributed by atoms with van der Waals surface area (Å²) in [6, 6.07) is 6.42. The Morgan fingerprint density at radius 2 is 2.12 bits per heavy atom. The summed E-state index contributed by atoms with van der Waals surface area (Å²) in [7, 11) is 0. The van der Waals surface area contributed by atoms with Crippen molar-refractivity contribution in [3.63, 3.8) is 0 Å². The van der Waals surface area contributed by atoms with E-state index in [2.05, 4.69) is 32.9 Å². The third-order valence-corrected chi connectivity index (χ3v) is 3.48. The van der Waals surface area contributed by atoms with Crippen molar-refractivity contribution in [3.8, 4) is 5.75 Å². The standard InChI is InChI=1S/C15H18O2/c1-4-12-6-10-5-11-7-13(9(2)3)17-15(11)8-14(10)16-12/h5,7-9,12H,4,6H2,1-3H3. The summed E-state index contributed by atoms with van der Waals surface area (Å²) in [4.78, 5) is 0. The summed E-state index contributed by atoms with van der Waals surface area (Å²) < 4.78 is 11.7. The van der Waals surface area contributed by atoms with Crippen LogP contribution in [-0.4, -0.2) is 6.10 Å². The lowest BCUT2D eigenvalue weighted by atomic mass is 10.1. The monoisotopic (exact) mass is 230 g/mol. The predicted molar refractivity (Wildman–Crippen MR) is 68.7 cm³/mol. The van der Waals surface area contributed by atoms with E-state index in [-0.39, 0.29) is 0 Å². The zero-order chi connectivity index (χ0) is 12.0. The van der Waals surface area contributed by atoms with Crippen LogP contribution in [0, 0.1) is 0 Å². The smallest absolute Gasteiger partial charge is 0.138 e. The fraction of sp³-hybridized carbons (Fsp3) is 0.467. The van der Waals surface area contributed by atoms with Crippen molar-refractivity contribution in [2.24, 2.45) is 0 Å². The third-order valence-electron chi connectivity index (χ3n) is 3.48. The van der Waals surface area contributed by atoms with Crippen LogP contribution < -0.4 is 4.74 Å². The molecule has 0 saturated carbocycles. The molecule has 0 fully saturated rings. The Hall–Kier alpha value is -1.44. The van der Waals surface area contributed by atoms with Crippen LogP contribution >= 0.6 is 0 Å². The van der Waals surface area contributed by atoms with Gasteiger partial charge in [-0.25, -0.2) is 0 Å². The Kier molecular flexibility index (Phi) is 2.39. The van der Waals surface area contributed by atoms with E-state index in [9.17, 15) is 0 Å². The highest BCUT2D eigenvalue weighted by molar-refractivity contribution is 5.81. The van der Waals surface area contributed by atoms with Gasteiger partial charge in [0.25, 0.3) is 0 Å². The topological polar surface area (TPSA) is 22.4 Å². The van der Waals surface area contributed by atoms with E-state index in [4.69, 9.17) is 9.15 Å². The van der Waals surface area contributed by atoms with Crippen molar-refractivity contribution in [2.45, 2.75) is 45.6 Å². The number of rotatable bonds is 2. The molecule has 2 nitrogen and oxygen atoms in total. The van der Waals surface area contributed by atoms with Gasteiger partial charge in [-0.15, -0.1) is 0 Å². The lowest BCUT2D eigenvalue weighted by Gasteiger charge is -2.05. The summed E-state index contributed by atoms with van der Waals surface area (Å²) in [5.74, 6) is 2.49. The van der Waals surface area contributed by atoms with Gasteiger partial charge in [0.05, 0.1) is 0 Å². The van der Waals surface area contributed by atoms with Crippen molar-refractivity contribution >= 4 is 11.0 Å². The molecule has 1 aromatic heterocycles. The van der Waals surface area contributed by atoms with Gasteiger partial charge >= 0.3 is 0 Å². The van der Waals surface area contributed by atoms with E-state index in [0.29, 0.717) is 12.0 Å². The van der Waals surface area contributed by atoms with Crippen LogP contribution in [0.1, 0.15) is 44.4 Å². The maximum atomic E-state index is 5.87. The number of furan rings is 1. The van der Waals surface area contributed by atoms with Crippen LogP contribution in [0.2, 0.25) is 0 Å². The van der Waals surface area contributed by atoms with Gasteiger partial charge < -0.3 is 9.15 Å². The summed E-state index contributed by atoms with van der Waals surface area (Å²) in [5, 5.41) is 1.20. The molecule has 1 aliphatic heterocycles. The second-order valence-corrected chi connectivity index (χ2v) is 5.15. The number of hydrogen-bond donors (Lipinski definition) is 0. The van der Waals surface area contributed by atoms with Gasteiger partial charge in [0.2, 0.25) is 0 Å². The van der Waals surface area contributed by atoms with Gasteiger partial charge in [-0.3, -0.25) is 0 Å². The van der Waals surface area contributed by atoms with Crippen LogP contribution in [0.3, 0.4) is 0 Å². The minimum absolute atomic E-state index is 0.348. The van der Waals surface area contributed by atoms with Crippen LogP contribution in [0.15, 0.2) is 22.6 Å². The molecule has 0 radical (unpaired) electrons. The second-order valence-electron chi connectivity index (χ2n) is 5.15. The third kappa shape index (κ3) is 1.72. The molecule has 0 spiro atoms. The highest BCUT2D eigenvalue weighted by Crippen LogP contribution is 2.36. The summed E-state index contributed by atoms with van der Waals surface area (Å²) >= 11 is 0. The number of benzene rings is 1. The first-order valence-corrected chi connectivity index (χ1v) is 6.40. The maximum Gasteiger partial charge on any atom is 0.138 e. The predicted octanol–water partition coefficient (Wildman–Crippen LogP) is 4.27. The molecule has 90 valence electrons. The van der Waals surface area contributed by atoms with E-state index >= 15 is 0 Å². The number of fused-ring (bicyclic) bond motifs is 2. The Morgan fingerprint density at radius 1 is 1.29 bits per heavy atom. The molecule has 1 aromatic carbocycles. The average molecular weight is 230 g/mol. The molecule has 1 atom stereocenters. The van der Waals surface area contributed by atoms with Crippen molar-refractivity contribution in [3.05, 3.63) is 29.5 Å². The van der Waals surface area contributed by atoms with Gasteiger partial charge in [0.15, 0.2) is 0 Å². The second kappa shape index (κ2) is 3.80. The minimum Gasteiger partial charge on any atom is -0.490 e. The van der Waals surface area contributed by atoms with E-state index < -0.39 is 0 Å². The fourth-order valence-corrected chi connectivity index (χ4v) is 2.38. The van der Waals surface area contributed by atoms with Crippen molar-refractivity contribution < 1.29 is 9.15 Å². The molecule has 1 aliphatic rings. The fourth-order valence-electron chi connectivity index (χ4n) is 2.38. The van der Waals surface area contributed by atoms with Crippen molar-refractivity contribution in [2.75, 3.05) is 0 Å². The van der Waals surface area contributed by atoms with Crippen LogP contribution in [0.4, 0.5) is 0 Å². The maximum absolute atomic E-state index is 5.87. The molecule has 0 N–H and O–H groups in total. The molecule has 0 aliphatic carbocycles. The summed E-state index contributed by atoms with van der Waals surface area (Å²) in [6.07, 6.45) is 2.44. The lowest BCUT2D eigenvalue weighted by Crippen LogP contribution is -2.10. The first kappa shape index (κ1) is 10.7. The lowest BCUT2D eigenvalue weighted by molar-refractivity contribution is 0.228. The van der Waals surface area contributed by atoms with Gasteiger partial charge in [0, 0.05) is 23.8 Å². The highest BCUT2D eigenvalue weighted by Gasteiger charge is 2.22. The average Bonchev–Trinajstić information content (AvgIpc) is 2.87. The first-order chi connectivity index (χ1) is 8.17.